The lowest BCUT2D eigenvalue weighted by molar-refractivity contribution is 0.0956. The Bertz CT molecular complexity index is 814. The molecule has 0 aliphatic rings. The van der Waals surface area contributed by atoms with Gasteiger partial charge in [0.15, 0.2) is 0 Å². The van der Waals surface area contributed by atoms with Gasteiger partial charge in [0.25, 0.3) is 5.91 Å². The minimum atomic E-state index is -0.0530. The molecule has 0 saturated heterocycles. The van der Waals surface area contributed by atoms with E-state index in [4.69, 9.17) is 4.74 Å². The lowest BCUT2D eigenvalue weighted by atomic mass is 10.2. The molecule has 26 heavy (non-hydrogen) atoms. The zero-order chi connectivity index (χ0) is 18.2. The second-order valence-corrected chi connectivity index (χ2v) is 8.56. The molecule has 3 aromatic rings. The van der Waals surface area contributed by atoms with E-state index in [1.54, 1.807) is 34.8 Å². The molecule has 0 aliphatic carbocycles. The summed E-state index contributed by atoms with van der Waals surface area (Å²) in [5.41, 5.74) is 2.91. The number of ether oxygens (including phenoxy) is 1. The van der Waals surface area contributed by atoms with Gasteiger partial charge in [0, 0.05) is 29.0 Å². The number of carbonyl (C=O) groups excluding carboxylic acids is 1. The van der Waals surface area contributed by atoms with Gasteiger partial charge in [-0.1, -0.05) is 0 Å². The first-order chi connectivity index (χ1) is 12.7. The average Bonchev–Trinajstić information content (AvgIpc) is 3.31. The molecule has 7 heteroatoms. The van der Waals surface area contributed by atoms with Crippen molar-refractivity contribution in [2.45, 2.75) is 19.3 Å². The minimum Gasteiger partial charge on any atom is -0.487 e. The average molecular weight is 405 g/mol. The molecular formula is C19H20N2O2S3. The highest BCUT2D eigenvalue weighted by Crippen LogP contribution is 2.16. The number of nitrogens with one attached hydrogen (secondary N) is 1. The molecule has 2 heterocycles. The third-order valence-corrected chi connectivity index (χ3v) is 6.14. The fraction of sp³-hybridized carbons (Fsp3) is 0.263. The van der Waals surface area contributed by atoms with Crippen LogP contribution in [0, 0.1) is 6.92 Å². The number of benzene rings is 1. The van der Waals surface area contributed by atoms with Crippen molar-refractivity contribution >= 4 is 40.3 Å². The van der Waals surface area contributed by atoms with Crippen LogP contribution in [0.2, 0.25) is 0 Å². The van der Waals surface area contributed by atoms with Crippen molar-refractivity contribution in [3.63, 3.8) is 0 Å². The van der Waals surface area contributed by atoms with Gasteiger partial charge in [-0.25, -0.2) is 4.98 Å². The fourth-order valence-electron chi connectivity index (χ4n) is 2.24. The normalized spacial score (nSPS) is 10.7. The van der Waals surface area contributed by atoms with E-state index in [-0.39, 0.29) is 5.91 Å². The molecule has 4 nitrogen and oxygen atoms in total. The molecule has 0 fully saturated rings. The molecule has 0 spiro atoms. The number of hydrogen-bond acceptors (Lipinski definition) is 6. The largest absolute Gasteiger partial charge is 0.487 e. The Morgan fingerprint density at radius 2 is 2.08 bits per heavy atom. The number of aryl methyl sites for hydroxylation is 1. The molecule has 1 amide bonds. The molecule has 0 bridgehead atoms. The topological polar surface area (TPSA) is 51.2 Å². The Balaban J connectivity index is 1.37. The number of hydrogen-bond donors (Lipinski definition) is 1. The molecule has 1 N–H and O–H groups in total. The predicted molar refractivity (Wildman–Crippen MR) is 110 cm³/mol. The summed E-state index contributed by atoms with van der Waals surface area (Å²) in [7, 11) is 0. The van der Waals surface area contributed by atoms with Crippen LogP contribution in [0.1, 0.15) is 26.6 Å². The van der Waals surface area contributed by atoms with Gasteiger partial charge in [-0.15, -0.1) is 11.3 Å². The van der Waals surface area contributed by atoms with Gasteiger partial charge in [-0.05, 0) is 53.6 Å². The van der Waals surface area contributed by atoms with Gasteiger partial charge in [-0.2, -0.15) is 23.1 Å². The van der Waals surface area contributed by atoms with E-state index >= 15 is 0 Å². The maximum atomic E-state index is 12.2. The van der Waals surface area contributed by atoms with E-state index in [9.17, 15) is 4.79 Å². The number of thiazole rings is 1. The molecule has 0 atom stereocenters. The molecule has 2 aromatic heterocycles. The minimum absolute atomic E-state index is 0.0530. The van der Waals surface area contributed by atoms with Crippen LogP contribution >= 0.6 is 34.4 Å². The third-order valence-electron chi connectivity index (χ3n) is 3.55. The van der Waals surface area contributed by atoms with E-state index < -0.39 is 0 Å². The monoisotopic (exact) mass is 404 g/mol. The SMILES string of the molecule is Cc1nc(COc2ccc(C(=O)NCCSCc3ccsc3)cc2)cs1. The van der Waals surface area contributed by atoms with Crippen molar-refractivity contribution in [3.8, 4) is 5.75 Å². The summed E-state index contributed by atoms with van der Waals surface area (Å²) in [6.07, 6.45) is 0. The van der Waals surface area contributed by atoms with Crippen molar-refractivity contribution in [2.75, 3.05) is 12.3 Å². The fourth-order valence-corrected chi connectivity index (χ4v) is 4.42. The van der Waals surface area contributed by atoms with E-state index in [0.29, 0.717) is 18.7 Å². The highest BCUT2D eigenvalue weighted by Gasteiger charge is 2.06. The molecule has 3 rings (SSSR count). The van der Waals surface area contributed by atoms with E-state index in [2.05, 4.69) is 27.1 Å². The lowest BCUT2D eigenvalue weighted by Gasteiger charge is -2.07. The van der Waals surface area contributed by atoms with Crippen LogP contribution in [0.5, 0.6) is 5.75 Å². The Morgan fingerprint density at radius 3 is 2.77 bits per heavy atom. The number of nitrogens with zero attached hydrogens (tertiary/aromatic N) is 1. The van der Waals surface area contributed by atoms with E-state index in [1.807, 2.05) is 36.2 Å². The summed E-state index contributed by atoms with van der Waals surface area (Å²) in [5, 5.41) is 10.2. The van der Waals surface area contributed by atoms with Gasteiger partial charge >= 0.3 is 0 Å². The number of thiophene rings is 1. The maximum absolute atomic E-state index is 12.2. The number of amides is 1. The number of thioether (sulfide) groups is 1. The Labute approximate surface area is 165 Å². The Kier molecular flexibility index (Phi) is 7.11. The molecule has 0 saturated carbocycles. The third kappa shape index (κ3) is 5.86. The summed E-state index contributed by atoms with van der Waals surface area (Å²) in [6.45, 7) is 3.08. The van der Waals surface area contributed by atoms with Crippen molar-refractivity contribution in [1.29, 1.82) is 0 Å². The molecule has 1 aromatic carbocycles. The summed E-state index contributed by atoms with van der Waals surface area (Å²) in [4.78, 5) is 16.5. The second kappa shape index (κ2) is 9.75. The van der Waals surface area contributed by atoms with Crippen LogP contribution in [0.4, 0.5) is 0 Å². The molecule has 0 unspecified atom stereocenters. The summed E-state index contributed by atoms with van der Waals surface area (Å²) in [6, 6.07) is 9.35. The summed E-state index contributed by atoms with van der Waals surface area (Å²) >= 11 is 5.15. The zero-order valence-electron chi connectivity index (χ0n) is 14.4. The zero-order valence-corrected chi connectivity index (χ0v) is 16.9. The first-order valence-electron chi connectivity index (χ1n) is 8.21. The van der Waals surface area contributed by atoms with Crippen molar-refractivity contribution in [2.24, 2.45) is 0 Å². The number of aromatic nitrogens is 1. The quantitative estimate of drug-likeness (QED) is 0.523. The van der Waals surface area contributed by atoms with E-state index in [1.165, 1.54) is 5.56 Å². The molecule has 0 radical (unpaired) electrons. The maximum Gasteiger partial charge on any atom is 0.251 e. The molecular weight excluding hydrogens is 384 g/mol. The van der Waals surface area contributed by atoms with Crippen LogP contribution in [0.15, 0.2) is 46.5 Å². The number of rotatable bonds is 9. The van der Waals surface area contributed by atoms with Gasteiger partial charge < -0.3 is 10.1 Å². The van der Waals surface area contributed by atoms with Crippen LogP contribution in [0.25, 0.3) is 0 Å². The van der Waals surface area contributed by atoms with Crippen LogP contribution < -0.4 is 10.1 Å². The van der Waals surface area contributed by atoms with Crippen molar-refractivity contribution < 1.29 is 9.53 Å². The van der Waals surface area contributed by atoms with Crippen molar-refractivity contribution in [3.05, 3.63) is 68.3 Å². The first kappa shape index (κ1) is 18.9. The van der Waals surface area contributed by atoms with Crippen LogP contribution in [0.3, 0.4) is 0 Å². The van der Waals surface area contributed by atoms with Crippen molar-refractivity contribution in [1.82, 2.24) is 10.3 Å². The number of carbonyl (C=O) groups is 1. The molecule has 136 valence electrons. The molecule has 0 aliphatic heterocycles. The van der Waals surface area contributed by atoms with Gasteiger partial charge in [0.1, 0.15) is 12.4 Å². The van der Waals surface area contributed by atoms with Gasteiger partial charge in [-0.3, -0.25) is 4.79 Å². The summed E-state index contributed by atoms with van der Waals surface area (Å²) in [5.74, 6) is 2.57. The van der Waals surface area contributed by atoms with Gasteiger partial charge in [0.05, 0.1) is 10.7 Å². The lowest BCUT2D eigenvalue weighted by Crippen LogP contribution is -2.25. The van der Waals surface area contributed by atoms with Crippen LogP contribution in [-0.4, -0.2) is 23.2 Å². The predicted octanol–water partition coefficient (Wildman–Crippen LogP) is 4.76. The smallest absolute Gasteiger partial charge is 0.251 e. The highest BCUT2D eigenvalue weighted by atomic mass is 32.2. The summed E-state index contributed by atoms with van der Waals surface area (Å²) < 4.78 is 5.70. The second-order valence-electron chi connectivity index (χ2n) is 5.61. The van der Waals surface area contributed by atoms with Gasteiger partial charge in [0.2, 0.25) is 0 Å². The van der Waals surface area contributed by atoms with E-state index in [0.717, 1.165) is 28.0 Å². The van der Waals surface area contributed by atoms with Crippen LogP contribution in [-0.2, 0) is 12.4 Å². The highest BCUT2D eigenvalue weighted by molar-refractivity contribution is 7.98. The Morgan fingerprint density at radius 1 is 1.23 bits per heavy atom. The Hall–Kier alpha value is -1.83. The first-order valence-corrected chi connectivity index (χ1v) is 11.2. The standard InChI is InChI=1S/C19H20N2O2S3/c1-14-21-17(13-26-14)10-23-18-4-2-16(3-5-18)19(22)20-7-9-25-12-15-6-8-24-11-15/h2-6,8,11,13H,7,9-10,12H2,1H3,(H,20,22).